The lowest BCUT2D eigenvalue weighted by Crippen LogP contribution is -2.38. The van der Waals surface area contributed by atoms with Crippen LogP contribution in [0.25, 0.3) is 0 Å². The van der Waals surface area contributed by atoms with Crippen molar-refractivity contribution in [1.82, 2.24) is 10.2 Å². The van der Waals surface area contributed by atoms with Crippen molar-refractivity contribution >= 4 is 12.0 Å². The smallest absolute Gasteiger partial charge is 0.416 e. The van der Waals surface area contributed by atoms with E-state index in [2.05, 4.69) is 10.1 Å². The lowest BCUT2D eigenvalue weighted by molar-refractivity contribution is -0.127. The van der Waals surface area contributed by atoms with E-state index < -0.39 is 6.09 Å². The Bertz CT molecular complexity index is 158. The number of nitrogens with one attached hydrogen (secondary N) is 1. The number of nitrogens with zero attached hydrogens (tertiary/aromatic N) is 1. The predicted molar refractivity (Wildman–Crippen MR) is 39.1 cm³/mol. The van der Waals surface area contributed by atoms with Crippen LogP contribution in [-0.2, 0) is 9.53 Å². The van der Waals surface area contributed by atoms with Crippen molar-refractivity contribution in [2.75, 3.05) is 27.7 Å². The van der Waals surface area contributed by atoms with Gasteiger partial charge in [0.05, 0.1) is 13.7 Å². The number of carbonyl (C=O) groups is 2. The molecule has 0 atom stereocenters. The topological polar surface area (TPSA) is 58.6 Å². The van der Waals surface area contributed by atoms with Crippen molar-refractivity contribution in [3.05, 3.63) is 0 Å². The highest BCUT2D eigenvalue weighted by Crippen LogP contribution is 1.87. The summed E-state index contributed by atoms with van der Waals surface area (Å²) < 4.78 is 4.32. The van der Waals surface area contributed by atoms with Gasteiger partial charge in [-0.25, -0.2) is 9.69 Å². The minimum Gasteiger partial charge on any atom is -0.452 e. The first-order valence-electron chi connectivity index (χ1n) is 3.12. The Hall–Kier alpha value is -1.10. The van der Waals surface area contributed by atoms with Crippen LogP contribution in [0.5, 0.6) is 0 Å². The lowest BCUT2D eigenvalue weighted by Gasteiger charge is -2.12. The molecule has 2 amide bonds. The fourth-order valence-corrected chi connectivity index (χ4v) is 0.509. The van der Waals surface area contributed by atoms with Crippen LogP contribution in [-0.4, -0.2) is 44.7 Å². The molecular formula is C6H12N2O3. The standard InChI is InChI=1S/C6H12N2O3/c1-7-4-5(9)8(2)6(10)11-3/h7H,4H2,1-3H3. The SMILES string of the molecule is CNCC(=O)N(C)C(=O)OC. The number of imide groups is 1. The molecule has 5 heteroatoms. The van der Waals surface area contributed by atoms with Gasteiger partial charge >= 0.3 is 6.09 Å². The molecule has 0 heterocycles. The number of carbonyl (C=O) groups excluding carboxylic acids is 2. The maximum absolute atomic E-state index is 10.9. The zero-order valence-electron chi connectivity index (χ0n) is 6.88. The van der Waals surface area contributed by atoms with Crippen molar-refractivity contribution in [3.8, 4) is 0 Å². The normalized spacial score (nSPS) is 9.00. The average molecular weight is 160 g/mol. The highest BCUT2D eigenvalue weighted by atomic mass is 16.5. The summed E-state index contributed by atoms with van der Waals surface area (Å²) in [6.45, 7) is 0.131. The Balaban J connectivity index is 3.91. The largest absolute Gasteiger partial charge is 0.452 e. The molecule has 0 spiro atoms. The lowest BCUT2D eigenvalue weighted by atomic mass is 10.5. The highest BCUT2D eigenvalue weighted by Gasteiger charge is 2.15. The average Bonchev–Trinajstić information content (AvgIpc) is 2.02. The van der Waals surface area contributed by atoms with E-state index in [1.165, 1.54) is 14.2 Å². The Morgan fingerprint density at radius 2 is 2.09 bits per heavy atom. The maximum Gasteiger partial charge on any atom is 0.416 e. The first-order valence-corrected chi connectivity index (χ1v) is 3.12. The van der Waals surface area contributed by atoms with Crippen LogP contribution < -0.4 is 5.32 Å². The van der Waals surface area contributed by atoms with Crippen molar-refractivity contribution < 1.29 is 14.3 Å². The summed E-state index contributed by atoms with van der Waals surface area (Å²) in [5.74, 6) is -0.320. The summed E-state index contributed by atoms with van der Waals surface area (Å²) in [4.78, 5) is 22.5. The van der Waals surface area contributed by atoms with Gasteiger partial charge in [0.25, 0.3) is 0 Å². The molecule has 11 heavy (non-hydrogen) atoms. The van der Waals surface area contributed by atoms with Gasteiger partial charge in [0.15, 0.2) is 0 Å². The zero-order chi connectivity index (χ0) is 8.85. The summed E-state index contributed by atoms with van der Waals surface area (Å²) in [5, 5.41) is 2.63. The summed E-state index contributed by atoms with van der Waals surface area (Å²) in [7, 11) is 4.22. The first kappa shape index (κ1) is 9.90. The van der Waals surface area contributed by atoms with Gasteiger partial charge in [-0.05, 0) is 7.05 Å². The molecule has 0 aliphatic rings. The molecule has 64 valence electrons. The van der Waals surface area contributed by atoms with E-state index in [1.807, 2.05) is 0 Å². The van der Waals surface area contributed by atoms with Gasteiger partial charge in [-0.1, -0.05) is 0 Å². The van der Waals surface area contributed by atoms with E-state index in [4.69, 9.17) is 0 Å². The van der Waals surface area contributed by atoms with Crippen LogP contribution in [0, 0.1) is 0 Å². The molecule has 5 nitrogen and oxygen atoms in total. The van der Waals surface area contributed by atoms with Crippen molar-refractivity contribution in [1.29, 1.82) is 0 Å². The highest BCUT2D eigenvalue weighted by molar-refractivity contribution is 5.92. The monoisotopic (exact) mass is 160 g/mol. The second-order valence-electron chi connectivity index (χ2n) is 1.95. The number of amides is 2. The Morgan fingerprint density at radius 3 is 2.45 bits per heavy atom. The van der Waals surface area contributed by atoms with Crippen LogP contribution in [0.2, 0.25) is 0 Å². The molecule has 0 aromatic rings. The third kappa shape index (κ3) is 2.99. The second-order valence-corrected chi connectivity index (χ2v) is 1.95. The minimum atomic E-state index is -0.648. The molecule has 0 bridgehead atoms. The maximum atomic E-state index is 10.9. The van der Waals surface area contributed by atoms with E-state index in [1.54, 1.807) is 7.05 Å². The van der Waals surface area contributed by atoms with E-state index in [0.717, 1.165) is 4.90 Å². The zero-order valence-corrected chi connectivity index (χ0v) is 6.88. The van der Waals surface area contributed by atoms with Crippen molar-refractivity contribution in [2.45, 2.75) is 0 Å². The molecule has 0 unspecified atom stereocenters. The molecule has 0 rings (SSSR count). The number of likely N-dealkylation sites (N-methyl/N-ethyl adjacent to an activating group) is 2. The molecule has 0 aliphatic heterocycles. The molecule has 0 saturated heterocycles. The van der Waals surface area contributed by atoms with Crippen LogP contribution in [0.15, 0.2) is 0 Å². The van der Waals surface area contributed by atoms with Gasteiger partial charge < -0.3 is 10.1 Å². The molecule has 0 saturated carbocycles. The summed E-state index contributed by atoms with van der Waals surface area (Å²) in [6, 6.07) is 0. The van der Waals surface area contributed by atoms with Gasteiger partial charge in [-0.2, -0.15) is 0 Å². The predicted octanol–water partition coefficient (Wildman–Crippen LogP) is -0.569. The third-order valence-corrected chi connectivity index (χ3v) is 1.15. The van der Waals surface area contributed by atoms with E-state index in [-0.39, 0.29) is 12.5 Å². The third-order valence-electron chi connectivity index (χ3n) is 1.15. The molecule has 0 aliphatic carbocycles. The van der Waals surface area contributed by atoms with Crippen molar-refractivity contribution in [2.24, 2.45) is 0 Å². The fraction of sp³-hybridized carbons (Fsp3) is 0.667. The number of ether oxygens (including phenoxy) is 1. The van der Waals surface area contributed by atoms with Gasteiger partial charge in [0.1, 0.15) is 0 Å². The van der Waals surface area contributed by atoms with Crippen LogP contribution in [0.4, 0.5) is 4.79 Å². The first-order chi connectivity index (χ1) is 5.13. The van der Waals surface area contributed by atoms with E-state index in [9.17, 15) is 9.59 Å². The molecule has 1 N–H and O–H groups in total. The number of hydrogen-bond acceptors (Lipinski definition) is 4. The molecular weight excluding hydrogens is 148 g/mol. The quantitative estimate of drug-likeness (QED) is 0.587. The van der Waals surface area contributed by atoms with Gasteiger partial charge in [-0.15, -0.1) is 0 Å². The van der Waals surface area contributed by atoms with Crippen molar-refractivity contribution in [3.63, 3.8) is 0 Å². The second kappa shape index (κ2) is 4.68. The molecule has 0 aromatic heterocycles. The minimum absolute atomic E-state index is 0.131. The molecule has 0 radical (unpaired) electrons. The number of rotatable bonds is 2. The van der Waals surface area contributed by atoms with Crippen LogP contribution in [0.1, 0.15) is 0 Å². The van der Waals surface area contributed by atoms with Crippen LogP contribution in [0.3, 0.4) is 0 Å². The Labute approximate surface area is 65.3 Å². The van der Waals surface area contributed by atoms with Gasteiger partial charge in [0, 0.05) is 7.05 Å². The molecule has 0 aromatic carbocycles. The Kier molecular flexibility index (Phi) is 4.21. The van der Waals surface area contributed by atoms with Gasteiger partial charge in [-0.3, -0.25) is 4.79 Å². The Morgan fingerprint density at radius 1 is 1.55 bits per heavy atom. The number of methoxy groups -OCH3 is 1. The van der Waals surface area contributed by atoms with Crippen LogP contribution >= 0.6 is 0 Å². The summed E-state index contributed by atoms with van der Waals surface area (Å²) >= 11 is 0. The fourth-order valence-electron chi connectivity index (χ4n) is 0.509. The summed E-state index contributed by atoms with van der Waals surface area (Å²) in [6.07, 6.45) is -0.648. The molecule has 0 fully saturated rings. The number of hydrogen-bond donors (Lipinski definition) is 1. The van der Waals surface area contributed by atoms with E-state index >= 15 is 0 Å². The summed E-state index contributed by atoms with van der Waals surface area (Å²) in [5.41, 5.74) is 0. The van der Waals surface area contributed by atoms with E-state index in [0.29, 0.717) is 0 Å². The van der Waals surface area contributed by atoms with Gasteiger partial charge in [0.2, 0.25) is 5.91 Å².